The van der Waals surface area contributed by atoms with Gasteiger partial charge in [0.15, 0.2) is 5.16 Å². The first kappa shape index (κ1) is 13.2. The number of hydrogen-bond acceptors (Lipinski definition) is 4. The van der Waals surface area contributed by atoms with Crippen molar-refractivity contribution in [2.24, 2.45) is 7.05 Å². The Morgan fingerprint density at radius 3 is 2.95 bits per heavy atom. The van der Waals surface area contributed by atoms with Gasteiger partial charge >= 0.3 is 0 Å². The first-order chi connectivity index (χ1) is 9.79. The average Bonchev–Trinajstić information content (AvgIpc) is 3.01. The van der Waals surface area contributed by atoms with Gasteiger partial charge in [0.1, 0.15) is 10.7 Å². The summed E-state index contributed by atoms with van der Waals surface area (Å²) < 4.78 is 4.14. The molecular weight excluding hydrogens is 270 g/mol. The summed E-state index contributed by atoms with van der Waals surface area (Å²) in [5.41, 5.74) is 2.15. The Balaban J connectivity index is 2.02. The van der Waals surface area contributed by atoms with E-state index in [2.05, 4.69) is 27.8 Å². The van der Waals surface area contributed by atoms with Crippen molar-refractivity contribution < 1.29 is 0 Å². The van der Waals surface area contributed by atoms with Crippen LogP contribution in [0.5, 0.6) is 0 Å². The number of aromatic nitrogens is 4. The number of imidazole rings is 2. The van der Waals surface area contributed by atoms with Crippen LogP contribution in [0.1, 0.15) is 12.6 Å². The van der Waals surface area contributed by atoms with E-state index in [1.807, 2.05) is 42.2 Å². The molecule has 0 bridgehead atoms. The van der Waals surface area contributed by atoms with E-state index < -0.39 is 0 Å². The van der Waals surface area contributed by atoms with Crippen LogP contribution in [0.15, 0.2) is 47.0 Å². The fourth-order valence-electron chi connectivity index (χ4n) is 2.05. The van der Waals surface area contributed by atoms with E-state index in [0.29, 0.717) is 0 Å². The Labute approximate surface area is 122 Å². The Morgan fingerprint density at radius 1 is 1.30 bits per heavy atom. The van der Waals surface area contributed by atoms with E-state index in [1.54, 1.807) is 11.8 Å². The Kier molecular flexibility index (Phi) is 3.75. The molecule has 0 radical (unpaired) electrons. The van der Waals surface area contributed by atoms with Gasteiger partial charge in [-0.2, -0.15) is 0 Å². The zero-order valence-corrected chi connectivity index (χ0v) is 12.4. The molecule has 0 saturated carbocycles. The molecular formula is C14H17N5S. The molecule has 20 heavy (non-hydrogen) atoms. The summed E-state index contributed by atoms with van der Waals surface area (Å²) in [7, 11) is 2.00. The predicted molar refractivity (Wildman–Crippen MR) is 79.9 cm³/mol. The molecule has 3 rings (SSSR count). The van der Waals surface area contributed by atoms with Gasteiger partial charge in [-0.1, -0.05) is 13.0 Å². The van der Waals surface area contributed by atoms with Gasteiger partial charge in [0.25, 0.3) is 0 Å². The van der Waals surface area contributed by atoms with Crippen molar-refractivity contribution in [3.05, 3.63) is 42.5 Å². The number of nitrogens with one attached hydrogen (secondary N) is 1. The van der Waals surface area contributed by atoms with Crippen molar-refractivity contribution in [2.75, 3.05) is 6.54 Å². The Morgan fingerprint density at radius 2 is 2.20 bits per heavy atom. The van der Waals surface area contributed by atoms with Gasteiger partial charge in [0.2, 0.25) is 0 Å². The highest BCUT2D eigenvalue weighted by molar-refractivity contribution is 7.99. The van der Waals surface area contributed by atoms with Crippen molar-refractivity contribution in [3.8, 4) is 0 Å². The molecule has 0 spiro atoms. The van der Waals surface area contributed by atoms with E-state index in [-0.39, 0.29) is 0 Å². The summed E-state index contributed by atoms with van der Waals surface area (Å²) in [6.45, 7) is 3.84. The van der Waals surface area contributed by atoms with Crippen molar-refractivity contribution >= 4 is 17.4 Å². The first-order valence-corrected chi connectivity index (χ1v) is 7.43. The fraction of sp³-hybridized carbons (Fsp3) is 0.286. The van der Waals surface area contributed by atoms with Gasteiger partial charge < -0.3 is 14.3 Å². The SMILES string of the molecule is CCNCc1c(Sc2nccn2C)nc2ccccn12. The molecule has 5 nitrogen and oxygen atoms in total. The van der Waals surface area contributed by atoms with E-state index in [4.69, 9.17) is 4.98 Å². The van der Waals surface area contributed by atoms with Gasteiger partial charge in [0, 0.05) is 32.2 Å². The second-order valence-electron chi connectivity index (χ2n) is 4.50. The zero-order valence-electron chi connectivity index (χ0n) is 11.6. The minimum atomic E-state index is 0.800. The molecule has 0 fully saturated rings. The molecule has 0 aliphatic heterocycles. The molecule has 0 unspecified atom stereocenters. The number of fused-ring (bicyclic) bond motifs is 1. The quantitative estimate of drug-likeness (QED) is 0.782. The van der Waals surface area contributed by atoms with Gasteiger partial charge in [-0.3, -0.25) is 0 Å². The van der Waals surface area contributed by atoms with Gasteiger partial charge in [-0.05, 0) is 30.4 Å². The smallest absolute Gasteiger partial charge is 0.174 e. The fourth-order valence-corrected chi connectivity index (χ4v) is 2.97. The lowest BCUT2D eigenvalue weighted by Gasteiger charge is -2.05. The lowest BCUT2D eigenvalue weighted by Crippen LogP contribution is -2.14. The van der Waals surface area contributed by atoms with Crippen LogP contribution in [0.25, 0.3) is 5.65 Å². The minimum Gasteiger partial charge on any atom is -0.329 e. The van der Waals surface area contributed by atoms with Crippen LogP contribution in [0, 0.1) is 0 Å². The van der Waals surface area contributed by atoms with E-state index >= 15 is 0 Å². The summed E-state index contributed by atoms with van der Waals surface area (Å²) in [5, 5.41) is 5.33. The third-order valence-corrected chi connectivity index (χ3v) is 4.20. The molecule has 0 aliphatic rings. The van der Waals surface area contributed by atoms with Crippen LogP contribution in [-0.4, -0.2) is 25.5 Å². The number of aryl methyl sites for hydroxylation is 1. The lowest BCUT2D eigenvalue weighted by molar-refractivity contribution is 0.693. The number of hydrogen-bond donors (Lipinski definition) is 1. The zero-order chi connectivity index (χ0) is 13.9. The molecule has 3 aromatic heterocycles. The predicted octanol–water partition coefficient (Wildman–Crippen LogP) is 2.33. The topological polar surface area (TPSA) is 47.2 Å². The summed E-state index contributed by atoms with van der Waals surface area (Å²) in [4.78, 5) is 9.07. The lowest BCUT2D eigenvalue weighted by atomic mass is 10.4. The van der Waals surface area contributed by atoms with Crippen molar-refractivity contribution in [3.63, 3.8) is 0 Å². The molecule has 104 valence electrons. The summed E-state index contributed by atoms with van der Waals surface area (Å²) in [5.74, 6) is 0. The third-order valence-electron chi connectivity index (χ3n) is 3.10. The largest absolute Gasteiger partial charge is 0.329 e. The van der Waals surface area contributed by atoms with Crippen molar-refractivity contribution in [1.29, 1.82) is 0 Å². The van der Waals surface area contributed by atoms with Crippen LogP contribution < -0.4 is 5.32 Å². The Hall–Kier alpha value is -1.79. The maximum Gasteiger partial charge on any atom is 0.174 e. The molecule has 0 saturated heterocycles. The second kappa shape index (κ2) is 5.68. The highest BCUT2D eigenvalue weighted by Gasteiger charge is 2.14. The third kappa shape index (κ3) is 2.44. The number of pyridine rings is 1. The molecule has 6 heteroatoms. The molecule has 0 atom stereocenters. The first-order valence-electron chi connectivity index (χ1n) is 6.61. The molecule has 1 N–H and O–H groups in total. The normalized spacial score (nSPS) is 11.3. The maximum absolute atomic E-state index is 4.71. The summed E-state index contributed by atoms with van der Waals surface area (Å²) in [6, 6.07) is 6.06. The van der Waals surface area contributed by atoms with Crippen LogP contribution in [0.4, 0.5) is 0 Å². The second-order valence-corrected chi connectivity index (χ2v) is 5.45. The molecule has 0 amide bonds. The minimum absolute atomic E-state index is 0.800. The Bertz CT molecular complexity index is 715. The molecule has 0 aromatic carbocycles. The van der Waals surface area contributed by atoms with E-state index in [1.165, 1.54) is 5.69 Å². The van der Waals surface area contributed by atoms with Crippen LogP contribution in [0.2, 0.25) is 0 Å². The number of nitrogens with zero attached hydrogens (tertiary/aromatic N) is 4. The molecule has 3 heterocycles. The molecule has 0 aliphatic carbocycles. The average molecular weight is 287 g/mol. The van der Waals surface area contributed by atoms with E-state index in [9.17, 15) is 0 Å². The monoisotopic (exact) mass is 287 g/mol. The van der Waals surface area contributed by atoms with Gasteiger partial charge in [-0.15, -0.1) is 0 Å². The van der Waals surface area contributed by atoms with Gasteiger partial charge in [-0.25, -0.2) is 9.97 Å². The van der Waals surface area contributed by atoms with Crippen LogP contribution in [-0.2, 0) is 13.6 Å². The highest BCUT2D eigenvalue weighted by Crippen LogP contribution is 2.29. The van der Waals surface area contributed by atoms with Crippen molar-refractivity contribution in [2.45, 2.75) is 23.7 Å². The van der Waals surface area contributed by atoms with Crippen LogP contribution >= 0.6 is 11.8 Å². The standard InChI is InChI=1S/C14H17N5S/c1-3-15-10-11-13(20-14-16-7-9-18(14)2)17-12-6-4-5-8-19(11)12/h4-9,15H,3,10H2,1-2H3. The van der Waals surface area contributed by atoms with Gasteiger partial charge in [0.05, 0.1) is 5.69 Å². The van der Waals surface area contributed by atoms with Crippen molar-refractivity contribution in [1.82, 2.24) is 24.3 Å². The van der Waals surface area contributed by atoms with E-state index in [0.717, 1.165) is 28.9 Å². The van der Waals surface area contributed by atoms with Crippen LogP contribution in [0.3, 0.4) is 0 Å². The highest BCUT2D eigenvalue weighted by atomic mass is 32.2. The summed E-state index contributed by atoms with van der Waals surface area (Å²) in [6.07, 6.45) is 5.81. The summed E-state index contributed by atoms with van der Waals surface area (Å²) >= 11 is 1.60. The number of rotatable bonds is 5. The maximum atomic E-state index is 4.71. The molecule has 3 aromatic rings.